The van der Waals surface area contributed by atoms with Crippen molar-refractivity contribution in [2.75, 3.05) is 0 Å². The number of aliphatic hydroxyl groups excluding tert-OH is 1. The van der Waals surface area contributed by atoms with Crippen LogP contribution >= 0.6 is 11.8 Å². The van der Waals surface area contributed by atoms with Gasteiger partial charge in [-0.25, -0.2) is 19.0 Å². The van der Waals surface area contributed by atoms with E-state index in [-0.39, 0.29) is 5.82 Å². The van der Waals surface area contributed by atoms with Crippen molar-refractivity contribution >= 4 is 11.8 Å². The summed E-state index contributed by atoms with van der Waals surface area (Å²) in [6, 6.07) is 11.7. The smallest absolute Gasteiger partial charge is 0.195 e. The quantitative estimate of drug-likeness (QED) is 0.576. The molecule has 1 N–H and O–H groups in total. The SMILES string of the molecule is OC1c2cc(-c3ccc(F)cc3)cnc2Sc2nc(-c3cccnc3)nn21. The predicted molar refractivity (Wildman–Crippen MR) is 97.4 cm³/mol. The predicted octanol–water partition coefficient (Wildman–Crippen LogP) is 3.55. The van der Waals surface area contributed by atoms with Crippen LogP contribution in [0.4, 0.5) is 4.39 Å². The maximum absolute atomic E-state index is 13.2. The van der Waals surface area contributed by atoms with Crippen LogP contribution in [0, 0.1) is 5.82 Å². The number of aliphatic hydroxyl groups is 1. The van der Waals surface area contributed by atoms with Crippen molar-refractivity contribution < 1.29 is 9.50 Å². The molecule has 0 aliphatic carbocycles. The topological polar surface area (TPSA) is 76.7 Å². The van der Waals surface area contributed by atoms with E-state index in [1.807, 2.05) is 18.2 Å². The molecule has 6 nitrogen and oxygen atoms in total. The molecule has 1 aliphatic heterocycles. The Morgan fingerprint density at radius 3 is 2.67 bits per heavy atom. The standard InChI is InChI=1S/C19H12FN5OS/c20-14-5-3-11(4-6-14)13-8-15-17(22-10-13)27-19-23-16(24-25(19)18(15)26)12-2-1-7-21-9-12/h1-10,18,26H. The molecular weight excluding hydrogens is 365 g/mol. The van der Waals surface area contributed by atoms with Crippen LogP contribution in [0.25, 0.3) is 22.5 Å². The summed E-state index contributed by atoms with van der Waals surface area (Å²) in [6.45, 7) is 0. The number of hydrogen-bond acceptors (Lipinski definition) is 6. The fraction of sp³-hybridized carbons (Fsp3) is 0.0526. The van der Waals surface area contributed by atoms with E-state index in [0.717, 1.165) is 16.7 Å². The van der Waals surface area contributed by atoms with Crippen LogP contribution in [-0.4, -0.2) is 29.8 Å². The fourth-order valence-electron chi connectivity index (χ4n) is 2.91. The molecule has 0 bridgehead atoms. The molecule has 0 amide bonds. The van der Waals surface area contributed by atoms with Gasteiger partial charge in [-0.3, -0.25) is 4.98 Å². The average molecular weight is 377 g/mol. The van der Waals surface area contributed by atoms with E-state index in [1.165, 1.54) is 28.6 Å². The average Bonchev–Trinajstić information content (AvgIpc) is 3.14. The van der Waals surface area contributed by atoms with E-state index in [1.54, 1.807) is 30.7 Å². The van der Waals surface area contributed by atoms with Crippen LogP contribution in [-0.2, 0) is 0 Å². The van der Waals surface area contributed by atoms with E-state index in [2.05, 4.69) is 20.1 Å². The summed E-state index contributed by atoms with van der Waals surface area (Å²) in [4.78, 5) is 13.0. The summed E-state index contributed by atoms with van der Waals surface area (Å²) in [5.41, 5.74) is 3.03. The molecule has 1 aliphatic rings. The third-order valence-electron chi connectivity index (χ3n) is 4.27. The molecular formula is C19H12FN5OS. The third kappa shape index (κ3) is 2.79. The van der Waals surface area contributed by atoms with Crippen molar-refractivity contribution in [2.45, 2.75) is 16.4 Å². The van der Waals surface area contributed by atoms with Crippen molar-refractivity contribution in [1.29, 1.82) is 0 Å². The molecule has 4 aromatic rings. The third-order valence-corrected chi connectivity index (χ3v) is 5.27. The van der Waals surface area contributed by atoms with Crippen molar-refractivity contribution in [1.82, 2.24) is 24.7 Å². The van der Waals surface area contributed by atoms with Gasteiger partial charge in [0, 0.05) is 35.3 Å². The molecule has 1 aromatic carbocycles. The van der Waals surface area contributed by atoms with Crippen molar-refractivity contribution in [3.63, 3.8) is 0 Å². The van der Waals surface area contributed by atoms with Gasteiger partial charge in [-0.15, -0.1) is 5.10 Å². The van der Waals surface area contributed by atoms with Crippen molar-refractivity contribution in [2.24, 2.45) is 0 Å². The maximum Gasteiger partial charge on any atom is 0.195 e. The Morgan fingerprint density at radius 2 is 1.89 bits per heavy atom. The molecule has 0 fully saturated rings. The van der Waals surface area contributed by atoms with Crippen LogP contribution in [0.3, 0.4) is 0 Å². The van der Waals surface area contributed by atoms with Gasteiger partial charge in [0.2, 0.25) is 0 Å². The highest BCUT2D eigenvalue weighted by Gasteiger charge is 2.29. The van der Waals surface area contributed by atoms with Crippen molar-refractivity contribution in [3.8, 4) is 22.5 Å². The normalized spacial score (nSPS) is 15.3. The second-order valence-electron chi connectivity index (χ2n) is 6.01. The molecule has 1 unspecified atom stereocenters. The minimum absolute atomic E-state index is 0.296. The molecule has 0 saturated carbocycles. The van der Waals surface area contributed by atoms with E-state index in [0.29, 0.717) is 21.6 Å². The highest BCUT2D eigenvalue weighted by atomic mass is 32.2. The van der Waals surface area contributed by atoms with Crippen LogP contribution < -0.4 is 0 Å². The lowest BCUT2D eigenvalue weighted by atomic mass is 10.1. The highest BCUT2D eigenvalue weighted by molar-refractivity contribution is 7.99. The summed E-state index contributed by atoms with van der Waals surface area (Å²) in [5, 5.41) is 16.5. The van der Waals surface area contributed by atoms with Gasteiger partial charge in [-0.1, -0.05) is 12.1 Å². The number of nitrogens with zero attached hydrogens (tertiary/aromatic N) is 5. The molecule has 0 saturated heterocycles. The molecule has 3 aromatic heterocycles. The second-order valence-corrected chi connectivity index (χ2v) is 6.96. The van der Waals surface area contributed by atoms with E-state index in [4.69, 9.17) is 0 Å². The van der Waals surface area contributed by atoms with Crippen molar-refractivity contribution in [3.05, 3.63) is 72.4 Å². The zero-order chi connectivity index (χ0) is 18.4. The number of aromatic nitrogens is 5. The minimum Gasteiger partial charge on any atom is -0.368 e. The molecule has 8 heteroatoms. The summed E-state index contributed by atoms with van der Waals surface area (Å²) in [5.74, 6) is 0.201. The summed E-state index contributed by atoms with van der Waals surface area (Å²) < 4.78 is 14.6. The van der Waals surface area contributed by atoms with Gasteiger partial charge in [0.25, 0.3) is 0 Å². The first-order chi connectivity index (χ1) is 13.2. The van der Waals surface area contributed by atoms with Gasteiger partial charge in [0.15, 0.2) is 17.2 Å². The first-order valence-corrected chi connectivity index (χ1v) is 8.99. The second kappa shape index (κ2) is 6.26. The largest absolute Gasteiger partial charge is 0.368 e. The van der Waals surface area contributed by atoms with Crippen LogP contribution in [0.5, 0.6) is 0 Å². The number of benzene rings is 1. The zero-order valence-corrected chi connectivity index (χ0v) is 14.6. The molecule has 4 heterocycles. The molecule has 132 valence electrons. The Balaban J connectivity index is 1.55. The fourth-order valence-corrected chi connectivity index (χ4v) is 3.84. The molecule has 0 spiro atoms. The summed E-state index contributed by atoms with van der Waals surface area (Å²) >= 11 is 1.35. The number of pyridine rings is 2. The number of halogens is 1. The lowest BCUT2D eigenvalue weighted by Gasteiger charge is -2.21. The monoisotopic (exact) mass is 377 g/mol. The molecule has 0 radical (unpaired) electrons. The number of hydrogen-bond donors (Lipinski definition) is 1. The Labute approximate surface area is 157 Å². The lowest BCUT2D eigenvalue weighted by Crippen LogP contribution is -2.18. The first kappa shape index (κ1) is 16.1. The van der Waals surface area contributed by atoms with Gasteiger partial charge in [0.1, 0.15) is 10.8 Å². The Hall–Kier alpha value is -3.10. The van der Waals surface area contributed by atoms with E-state index >= 15 is 0 Å². The van der Waals surface area contributed by atoms with Gasteiger partial charge in [0.05, 0.1) is 0 Å². The van der Waals surface area contributed by atoms with Gasteiger partial charge < -0.3 is 5.11 Å². The number of rotatable bonds is 2. The lowest BCUT2D eigenvalue weighted by molar-refractivity contribution is 0.115. The Morgan fingerprint density at radius 1 is 1.04 bits per heavy atom. The van der Waals surface area contributed by atoms with E-state index < -0.39 is 6.23 Å². The van der Waals surface area contributed by atoms with Gasteiger partial charge in [-0.2, -0.15) is 0 Å². The summed E-state index contributed by atoms with van der Waals surface area (Å²) in [7, 11) is 0. The molecule has 27 heavy (non-hydrogen) atoms. The van der Waals surface area contributed by atoms with Gasteiger partial charge in [-0.05, 0) is 47.7 Å². The first-order valence-electron chi connectivity index (χ1n) is 8.18. The van der Waals surface area contributed by atoms with E-state index in [9.17, 15) is 9.50 Å². The van der Waals surface area contributed by atoms with Gasteiger partial charge >= 0.3 is 0 Å². The summed E-state index contributed by atoms with van der Waals surface area (Å²) in [6.07, 6.45) is 4.07. The Bertz CT molecular complexity index is 1130. The highest BCUT2D eigenvalue weighted by Crippen LogP contribution is 2.40. The maximum atomic E-state index is 13.2. The molecule has 5 rings (SSSR count). The van der Waals surface area contributed by atoms with Crippen LogP contribution in [0.2, 0.25) is 0 Å². The van der Waals surface area contributed by atoms with Crippen LogP contribution in [0.15, 0.2) is 71.2 Å². The zero-order valence-electron chi connectivity index (χ0n) is 13.8. The Kier molecular flexibility index (Phi) is 3.73. The number of fused-ring (bicyclic) bond motifs is 2. The van der Waals surface area contributed by atoms with Crippen LogP contribution in [0.1, 0.15) is 11.8 Å². The minimum atomic E-state index is -0.998. The molecule has 1 atom stereocenters.